The summed E-state index contributed by atoms with van der Waals surface area (Å²) in [6, 6.07) is 7.86. The second kappa shape index (κ2) is 8.57. The summed E-state index contributed by atoms with van der Waals surface area (Å²) in [5.74, 6) is 1.22. The summed E-state index contributed by atoms with van der Waals surface area (Å²) in [7, 11) is 4.35. The van der Waals surface area contributed by atoms with Crippen molar-refractivity contribution in [1.82, 2.24) is 0 Å². The number of halogens is 2. The highest BCUT2D eigenvalue weighted by atomic mass is 35.5. The second-order valence-electron chi connectivity index (χ2n) is 5.36. The van der Waals surface area contributed by atoms with Crippen LogP contribution in [0.4, 0.5) is 0 Å². The zero-order valence-electron chi connectivity index (χ0n) is 12.3. The quantitative estimate of drug-likeness (QED) is 0.511. The van der Waals surface area contributed by atoms with E-state index in [-0.39, 0.29) is 24.8 Å². The topological polar surface area (TPSA) is 39.5 Å². The van der Waals surface area contributed by atoms with Gasteiger partial charge in [0.2, 0.25) is 0 Å². The van der Waals surface area contributed by atoms with Gasteiger partial charge in [-0.3, -0.25) is 0 Å². The Morgan fingerprint density at radius 2 is 1.60 bits per heavy atom. The summed E-state index contributed by atoms with van der Waals surface area (Å²) in [4.78, 5) is 1.48. The van der Waals surface area contributed by atoms with Crippen molar-refractivity contribution in [3.8, 4) is 11.5 Å². The normalized spacial score (nSPS) is 14.6. The molecule has 1 aliphatic heterocycles. The molecule has 0 radical (unpaired) electrons. The number of nitrogens with one attached hydrogen (secondary N) is 1. The summed E-state index contributed by atoms with van der Waals surface area (Å²) in [5.41, 5.74) is 0. The minimum absolute atomic E-state index is 0. The lowest BCUT2D eigenvalue weighted by Crippen LogP contribution is -3.09. The number of benzene rings is 1. The van der Waals surface area contributed by atoms with Crippen molar-refractivity contribution < 1.29 is 44.5 Å². The zero-order valence-corrected chi connectivity index (χ0v) is 13.8. The first kappa shape index (κ1) is 19.3. The molecule has 1 aromatic carbocycles. The molecule has 0 bridgehead atoms. The van der Waals surface area contributed by atoms with Gasteiger partial charge in [-0.1, -0.05) is 12.1 Å². The van der Waals surface area contributed by atoms with E-state index in [4.69, 9.17) is 9.47 Å². The molecule has 4 nitrogen and oxygen atoms in total. The number of ether oxygens (including phenoxy) is 2. The monoisotopic (exact) mass is 322 g/mol. The molecule has 1 aliphatic rings. The highest BCUT2D eigenvalue weighted by Gasteiger charge is 2.36. The zero-order chi connectivity index (χ0) is 13.0. The van der Waals surface area contributed by atoms with Crippen LogP contribution in [-0.4, -0.2) is 39.5 Å². The molecular formula is C14H24Cl2N2O2. The summed E-state index contributed by atoms with van der Waals surface area (Å²) >= 11 is 0. The maximum Gasteiger partial charge on any atom is 0.254 e. The molecule has 0 aromatic heterocycles. The van der Waals surface area contributed by atoms with E-state index >= 15 is 0 Å². The number of hydrogen-bond donors (Lipinski definition) is 2. The van der Waals surface area contributed by atoms with Gasteiger partial charge in [-0.25, -0.2) is 0 Å². The molecule has 0 atom stereocenters. The average molecular weight is 323 g/mol. The van der Waals surface area contributed by atoms with E-state index in [2.05, 4.69) is 19.4 Å². The number of fused-ring (bicyclic) bond motifs is 1. The Morgan fingerprint density at radius 1 is 1.05 bits per heavy atom. The van der Waals surface area contributed by atoms with Crippen LogP contribution in [0.25, 0.3) is 0 Å². The summed E-state index contributed by atoms with van der Waals surface area (Å²) in [6.07, 6.45) is 0.893. The van der Waals surface area contributed by atoms with Gasteiger partial charge in [0.1, 0.15) is 13.1 Å². The fourth-order valence-electron chi connectivity index (χ4n) is 2.11. The average Bonchev–Trinajstić information content (AvgIpc) is 2.64. The van der Waals surface area contributed by atoms with Gasteiger partial charge in [0.05, 0.1) is 27.1 Å². The van der Waals surface area contributed by atoms with E-state index in [1.165, 1.54) is 11.4 Å². The maximum absolute atomic E-state index is 5.87. The van der Waals surface area contributed by atoms with Crippen LogP contribution in [0.5, 0.6) is 11.5 Å². The van der Waals surface area contributed by atoms with E-state index in [1.807, 2.05) is 31.2 Å². The Labute approximate surface area is 133 Å². The standard InChI is InChI=1S/C14H22N2O2.2ClH/c1-14(8-9-15-10-11-16(2)3)17-12-6-4-5-7-13(12)18-14;;/h4-7,15H,8-11H2,1-3H3;2*1H. The number of likely N-dealkylation sites (N-methyl/N-ethyl adjacent to an activating group) is 1. The first-order chi connectivity index (χ1) is 8.59. The van der Waals surface area contributed by atoms with Gasteiger partial charge in [0.15, 0.2) is 11.5 Å². The first-order valence-corrected chi connectivity index (χ1v) is 6.67. The molecule has 0 saturated heterocycles. The van der Waals surface area contributed by atoms with Crippen molar-refractivity contribution in [2.24, 2.45) is 0 Å². The van der Waals surface area contributed by atoms with E-state index in [1.54, 1.807) is 0 Å². The summed E-state index contributed by atoms with van der Waals surface area (Å²) in [5, 5.41) is 2.33. The molecule has 6 heteroatoms. The van der Waals surface area contributed by atoms with Crippen LogP contribution in [-0.2, 0) is 0 Å². The third kappa shape index (κ3) is 5.37. The molecule has 2 rings (SSSR count). The Balaban J connectivity index is 0.00000180. The molecule has 3 N–H and O–H groups in total. The fraction of sp³-hybridized carbons (Fsp3) is 0.571. The van der Waals surface area contributed by atoms with E-state index < -0.39 is 5.79 Å². The van der Waals surface area contributed by atoms with E-state index in [9.17, 15) is 0 Å². The lowest BCUT2D eigenvalue weighted by molar-refractivity contribution is -0.874. The Hall–Kier alpha value is -0.680. The van der Waals surface area contributed by atoms with Crippen LogP contribution in [0.2, 0.25) is 0 Å². The van der Waals surface area contributed by atoms with Gasteiger partial charge in [-0.15, -0.1) is 0 Å². The van der Waals surface area contributed by atoms with Gasteiger partial charge in [0, 0.05) is 6.92 Å². The smallest absolute Gasteiger partial charge is 0.254 e. The Kier molecular flexibility index (Phi) is 8.28. The highest BCUT2D eigenvalue weighted by Crippen LogP contribution is 2.39. The molecular weight excluding hydrogens is 299 g/mol. The Bertz CT molecular complexity index is 378. The van der Waals surface area contributed by atoms with Gasteiger partial charge < -0.3 is 44.5 Å². The molecule has 1 heterocycles. The predicted molar refractivity (Wildman–Crippen MR) is 70.1 cm³/mol. The molecule has 0 amide bonds. The van der Waals surface area contributed by atoms with Crippen LogP contribution in [0.1, 0.15) is 13.3 Å². The molecule has 0 fully saturated rings. The lowest BCUT2D eigenvalue weighted by atomic mass is 10.2. The van der Waals surface area contributed by atoms with Crippen molar-refractivity contribution in [3.05, 3.63) is 24.3 Å². The van der Waals surface area contributed by atoms with Crippen LogP contribution in [0.15, 0.2) is 24.3 Å². The fourth-order valence-corrected chi connectivity index (χ4v) is 2.11. The van der Waals surface area contributed by atoms with Gasteiger partial charge in [0.25, 0.3) is 5.79 Å². The number of rotatable bonds is 6. The first-order valence-electron chi connectivity index (χ1n) is 6.67. The van der Waals surface area contributed by atoms with Crippen LogP contribution < -0.4 is 44.5 Å². The van der Waals surface area contributed by atoms with Gasteiger partial charge in [-0.05, 0) is 12.1 Å². The van der Waals surface area contributed by atoms with E-state index in [0.717, 1.165) is 31.0 Å². The minimum atomic E-state index is -0.495. The SMILES string of the molecule is C[NH+](C)CC[NH2+]CCC1(C)Oc2ccccc2O1.[Cl-].[Cl-]. The summed E-state index contributed by atoms with van der Waals surface area (Å²) < 4.78 is 11.7. The lowest BCUT2D eigenvalue weighted by Gasteiger charge is -2.22. The molecule has 0 unspecified atom stereocenters. The third-order valence-electron chi connectivity index (χ3n) is 3.15. The minimum Gasteiger partial charge on any atom is -1.00 e. The number of para-hydroxylation sites is 2. The molecule has 0 spiro atoms. The highest BCUT2D eigenvalue weighted by molar-refractivity contribution is 5.42. The van der Waals surface area contributed by atoms with Crippen LogP contribution >= 0.6 is 0 Å². The van der Waals surface area contributed by atoms with Crippen molar-refractivity contribution in [1.29, 1.82) is 0 Å². The molecule has 0 aliphatic carbocycles. The third-order valence-corrected chi connectivity index (χ3v) is 3.15. The van der Waals surface area contributed by atoms with Gasteiger partial charge >= 0.3 is 0 Å². The molecule has 1 aromatic rings. The predicted octanol–water partition coefficient (Wildman–Crippen LogP) is -6.72. The summed E-state index contributed by atoms with van der Waals surface area (Å²) in [6.45, 7) is 5.36. The number of hydrogen-bond acceptors (Lipinski definition) is 2. The Morgan fingerprint density at radius 3 is 2.10 bits per heavy atom. The number of nitrogens with two attached hydrogens (primary N) is 1. The second-order valence-corrected chi connectivity index (χ2v) is 5.36. The molecule has 116 valence electrons. The van der Waals surface area contributed by atoms with Crippen molar-refractivity contribution in [3.63, 3.8) is 0 Å². The van der Waals surface area contributed by atoms with Crippen molar-refractivity contribution in [2.45, 2.75) is 19.1 Å². The molecule has 0 saturated carbocycles. The van der Waals surface area contributed by atoms with Crippen LogP contribution in [0, 0.1) is 0 Å². The largest absolute Gasteiger partial charge is 1.00 e. The van der Waals surface area contributed by atoms with Crippen molar-refractivity contribution in [2.75, 3.05) is 33.7 Å². The maximum atomic E-state index is 5.87. The van der Waals surface area contributed by atoms with E-state index in [0.29, 0.717) is 0 Å². The number of quaternary nitrogens is 2. The van der Waals surface area contributed by atoms with Crippen LogP contribution in [0.3, 0.4) is 0 Å². The van der Waals surface area contributed by atoms with Crippen molar-refractivity contribution >= 4 is 0 Å². The van der Waals surface area contributed by atoms with Gasteiger partial charge in [-0.2, -0.15) is 0 Å². The molecule has 20 heavy (non-hydrogen) atoms.